The van der Waals surface area contributed by atoms with Crippen LogP contribution in [0.4, 0.5) is 0 Å². The molecule has 2 atom stereocenters. The Labute approximate surface area is 110 Å². The fraction of sp³-hybridized carbons (Fsp3) is 0.929. The fourth-order valence-corrected chi connectivity index (χ4v) is 3.49. The zero-order valence-electron chi connectivity index (χ0n) is 11.4. The molecule has 3 N–H and O–H groups in total. The Kier molecular flexibility index (Phi) is 4.28. The largest absolute Gasteiger partial charge is 0.386 e. The molecule has 18 heavy (non-hydrogen) atoms. The zero-order chi connectivity index (χ0) is 13.2. The first-order chi connectivity index (χ1) is 8.59. The van der Waals surface area contributed by atoms with E-state index in [0.717, 1.165) is 32.1 Å². The van der Waals surface area contributed by atoms with E-state index in [9.17, 15) is 9.90 Å². The highest BCUT2D eigenvalue weighted by Gasteiger charge is 2.45. The summed E-state index contributed by atoms with van der Waals surface area (Å²) in [7, 11) is 0. The van der Waals surface area contributed by atoms with Gasteiger partial charge in [0, 0.05) is 5.92 Å². The number of hydrogen-bond donors (Lipinski definition) is 2. The summed E-state index contributed by atoms with van der Waals surface area (Å²) in [5.74, 6) is 0.687. The number of likely N-dealkylation sites (tertiary alicyclic amines) is 1. The van der Waals surface area contributed by atoms with E-state index in [4.69, 9.17) is 5.73 Å². The maximum atomic E-state index is 12.4. The van der Waals surface area contributed by atoms with Crippen LogP contribution in [0.25, 0.3) is 0 Å². The normalized spacial score (nSPS) is 30.9. The third-order valence-electron chi connectivity index (χ3n) is 4.53. The maximum absolute atomic E-state index is 12.4. The average Bonchev–Trinajstić information content (AvgIpc) is 2.35. The lowest BCUT2D eigenvalue weighted by molar-refractivity contribution is -0.163. The highest BCUT2D eigenvalue weighted by molar-refractivity contribution is 5.80. The SMILES string of the molecule is CCCC1(O)CN(C(=O)C2CCCCC2CN)C1. The number of nitrogens with two attached hydrogens (primary N) is 1. The minimum absolute atomic E-state index is 0.106. The molecule has 1 saturated carbocycles. The second kappa shape index (κ2) is 5.57. The van der Waals surface area contributed by atoms with Gasteiger partial charge in [0.15, 0.2) is 0 Å². The van der Waals surface area contributed by atoms with E-state index in [1.807, 2.05) is 4.90 Å². The monoisotopic (exact) mass is 254 g/mol. The van der Waals surface area contributed by atoms with Gasteiger partial charge in [-0.05, 0) is 31.7 Å². The molecule has 0 aromatic heterocycles. The van der Waals surface area contributed by atoms with Crippen LogP contribution in [0.3, 0.4) is 0 Å². The highest BCUT2D eigenvalue weighted by atomic mass is 16.3. The zero-order valence-corrected chi connectivity index (χ0v) is 11.4. The van der Waals surface area contributed by atoms with E-state index in [1.54, 1.807) is 0 Å². The van der Waals surface area contributed by atoms with Crippen LogP contribution >= 0.6 is 0 Å². The highest BCUT2D eigenvalue weighted by Crippen LogP contribution is 2.34. The van der Waals surface area contributed by atoms with Gasteiger partial charge in [-0.3, -0.25) is 4.79 Å². The van der Waals surface area contributed by atoms with E-state index in [1.165, 1.54) is 6.42 Å². The molecule has 0 spiro atoms. The molecule has 1 saturated heterocycles. The first-order valence-electron chi connectivity index (χ1n) is 7.31. The first kappa shape index (κ1) is 13.8. The molecular formula is C14H26N2O2. The number of aliphatic hydroxyl groups is 1. The Bertz CT molecular complexity index is 300. The molecule has 0 aromatic rings. The van der Waals surface area contributed by atoms with Crippen molar-refractivity contribution in [2.75, 3.05) is 19.6 Å². The van der Waals surface area contributed by atoms with E-state index in [2.05, 4.69) is 6.92 Å². The topological polar surface area (TPSA) is 66.6 Å². The lowest BCUT2D eigenvalue weighted by atomic mass is 9.77. The minimum Gasteiger partial charge on any atom is -0.386 e. The maximum Gasteiger partial charge on any atom is 0.226 e. The molecular weight excluding hydrogens is 228 g/mol. The molecule has 1 aliphatic carbocycles. The number of carbonyl (C=O) groups excluding carboxylic acids is 1. The van der Waals surface area contributed by atoms with Crippen molar-refractivity contribution in [3.05, 3.63) is 0 Å². The quantitative estimate of drug-likeness (QED) is 0.790. The first-order valence-corrected chi connectivity index (χ1v) is 7.31. The molecule has 2 unspecified atom stereocenters. The predicted octanol–water partition coefficient (Wildman–Crippen LogP) is 1.12. The third kappa shape index (κ3) is 2.69. The number of nitrogens with zero attached hydrogens (tertiary/aromatic N) is 1. The van der Waals surface area contributed by atoms with Crippen LogP contribution in [0.5, 0.6) is 0 Å². The fourth-order valence-electron chi connectivity index (χ4n) is 3.49. The Morgan fingerprint density at radius 2 is 2.06 bits per heavy atom. The molecule has 4 nitrogen and oxygen atoms in total. The Hall–Kier alpha value is -0.610. The van der Waals surface area contributed by atoms with Crippen molar-refractivity contribution >= 4 is 5.91 Å². The summed E-state index contributed by atoms with van der Waals surface area (Å²) in [6.07, 6.45) is 6.16. The molecule has 0 bridgehead atoms. The van der Waals surface area contributed by atoms with Crippen LogP contribution < -0.4 is 5.73 Å². The molecule has 2 rings (SSSR count). The van der Waals surface area contributed by atoms with Crippen molar-refractivity contribution in [2.45, 2.75) is 51.0 Å². The lowest BCUT2D eigenvalue weighted by Gasteiger charge is -2.48. The van der Waals surface area contributed by atoms with Gasteiger partial charge in [-0.1, -0.05) is 26.2 Å². The van der Waals surface area contributed by atoms with Crippen molar-refractivity contribution in [1.82, 2.24) is 4.90 Å². The van der Waals surface area contributed by atoms with E-state index >= 15 is 0 Å². The van der Waals surface area contributed by atoms with Gasteiger partial charge in [-0.2, -0.15) is 0 Å². The number of β-amino-alcohol motifs (C(OH)–C–C–N with tert-alkyl or cyclic N) is 1. The average molecular weight is 254 g/mol. The molecule has 2 fully saturated rings. The molecule has 1 heterocycles. The minimum atomic E-state index is -0.614. The van der Waals surface area contributed by atoms with Crippen LogP contribution in [0, 0.1) is 11.8 Å². The Morgan fingerprint density at radius 3 is 2.67 bits per heavy atom. The van der Waals surface area contributed by atoms with Crippen LogP contribution in [0.2, 0.25) is 0 Å². The van der Waals surface area contributed by atoms with Crippen LogP contribution in [0.15, 0.2) is 0 Å². The van der Waals surface area contributed by atoms with Crippen LogP contribution in [-0.2, 0) is 4.79 Å². The van der Waals surface area contributed by atoms with Gasteiger partial charge in [0.05, 0.1) is 18.7 Å². The van der Waals surface area contributed by atoms with Gasteiger partial charge in [0.1, 0.15) is 0 Å². The van der Waals surface area contributed by atoms with Gasteiger partial charge in [0.25, 0.3) is 0 Å². The van der Waals surface area contributed by atoms with E-state index in [0.29, 0.717) is 25.6 Å². The number of rotatable bonds is 4. The molecule has 0 radical (unpaired) electrons. The number of carbonyl (C=O) groups is 1. The third-order valence-corrected chi connectivity index (χ3v) is 4.53. The van der Waals surface area contributed by atoms with Crippen molar-refractivity contribution < 1.29 is 9.90 Å². The van der Waals surface area contributed by atoms with Crippen molar-refractivity contribution in [3.63, 3.8) is 0 Å². The molecule has 0 aromatic carbocycles. The molecule has 1 aliphatic heterocycles. The van der Waals surface area contributed by atoms with Crippen molar-refractivity contribution in [1.29, 1.82) is 0 Å². The Balaban J connectivity index is 1.88. The summed E-state index contributed by atoms with van der Waals surface area (Å²) >= 11 is 0. The summed E-state index contributed by atoms with van der Waals surface area (Å²) in [6, 6.07) is 0. The summed E-state index contributed by atoms with van der Waals surface area (Å²) in [5.41, 5.74) is 5.16. The van der Waals surface area contributed by atoms with E-state index in [-0.39, 0.29) is 11.8 Å². The summed E-state index contributed by atoms with van der Waals surface area (Å²) in [5, 5.41) is 10.1. The molecule has 4 heteroatoms. The van der Waals surface area contributed by atoms with Gasteiger partial charge >= 0.3 is 0 Å². The van der Waals surface area contributed by atoms with Gasteiger partial charge in [-0.15, -0.1) is 0 Å². The molecule has 104 valence electrons. The van der Waals surface area contributed by atoms with E-state index < -0.39 is 5.60 Å². The lowest BCUT2D eigenvalue weighted by Crippen LogP contribution is -2.65. The standard InChI is InChI=1S/C14H26N2O2/c1-2-7-14(18)9-16(10-14)13(17)12-6-4-3-5-11(12)8-15/h11-12,18H,2-10,15H2,1H3. The summed E-state index contributed by atoms with van der Waals surface area (Å²) < 4.78 is 0. The smallest absolute Gasteiger partial charge is 0.226 e. The molecule has 2 aliphatic rings. The van der Waals surface area contributed by atoms with Crippen molar-refractivity contribution in [2.24, 2.45) is 17.6 Å². The second-order valence-electron chi connectivity index (χ2n) is 6.06. The molecule has 1 amide bonds. The van der Waals surface area contributed by atoms with Crippen molar-refractivity contribution in [3.8, 4) is 0 Å². The van der Waals surface area contributed by atoms with Crippen LogP contribution in [-0.4, -0.2) is 41.1 Å². The van der Waals surface area contributed by atoms with Gasteiger partial charge in [0.2, 0.25) is 5.91 Å². The summed E-state index contributed by atoms with van der Waals surface area (Å²) in [4.78, 5) is 14.2. The van der Waals surface area contributed by atoms with Gasteiger partial charge in [-0.25, -0.2) is 0 Å². The second-order valence-corrected chi connectivity index (χ2v) is 6.06. The Morgan fingerprint density at radius 1 is 1.39 bits per heavy atom. The number of amides is 1. The number of hydrogen-bond acceptors (Lipinski definition) is 3. The van der Waals surface area contributed by atoms with Crippen LogP contribution in [0.1, 0.15) is 45.4 Å². The van der Waals surface area contributed by atoms with Gasteiger partial charge < -0.3 is 15.7 Å². The summed E-state index contributed by atoms with van der Waals surface area (Å²) in [6.45, 7) is 3.72. The predicted molar refractivity (Wildman–Crippen MR) is 70.9 cm³/mol.